The number of hydrogen-bond acceptors (Lipinski definition) is 4. The van der Waals surface area contributed by atoms with E-state index in [4.69, 9.17) is 9.72 Å². The first kappa shape index (κ1) is 43.8. The van der Waals surface area contributed by atoms with Crippen LogP contribution in [0, 0.1) is 0 Å². The van der Waals surface area contributed by atoms with Gasteiger partial charge in [-0.25, -0.2) is 4.98 Å². The van der Waals surface area contributed by atoms with Gasteiger partial charge in [-0.2, -0.15) is 0 Å². The number of hydrogen-bond donors (Lipinski definition) is 0. The molecule has 0 amide bonds. The van der Waals surface area contributed by atoms with E-state index in [0.29, 0.717) is 6.67 Å². The zero-order chi connectivity index (χ0) is 46.9. The number of rotatable bonds is 9. The first-order valence-corrected chi connectivity index (χ1v) is 23.7. The number of para-hydroxylation sites is 1. The van der Waals surface area contributed by atoms with E-state index in [0.717, 1.165) is 39.4 Å². The van der Waals surface area contributed by atoms with Crippen LogP contribution in [0.25, 0.3) is 27.6 Å². The van der Waals surface area contributed by atoms with Gasteiger partial charge in [0.2, 0.25) is 0 Å². The smallest absolute Gasteiger partial charge is 0.137 e. The second kappa shape index (κ2) is 16.3. The summed E-state index contributed by atoms with van der Waals surface area (Å²) in [6.45, 7) is 23.9. The molecule has 9 aromatic rings. The topological polar surface area (TPSA) is 33.5 Å². The third-order valence-corrected chi connectivity index (χ3v) is 14.2. The molecule has 5 heteroatoms. The lowest BCUT2D eigenvalue weighted by atomic mass is 9.74. The van der Waals surface area contributed by atoms with Gasteiger partial charge in [0, 0.05) is 51.3 Å². The van der Waals surface area contributed by atoms with Crippen molar-refractivity contribution in [3.05, 3.63) is 216 Å². The Bertz CT molecular complexity index is 3280. The zero-order valence-electron chi connectivity index (χ0n) is 40.7. The molecule has 1 aliphatic rings. The van der Waals surface area contributed by atoms with Gasteiger partial charge in [0.15, 0.2) is 0 Å². The monoisotopic (exact) mass is 878 g/mol. The van der Waals surface area contributed by atoms with Gasteiger partial charge < -0.3 is 14.5 Å². The minimum absolute atomic E-state index is 0.0495. The Morgan fingerprint density at radius 2 is 0.925 bits per heavy atom. The molecule has 2 aromatic heterocycles. The summed E-state index contributed by atoms with van der Waals surface area (Å²) in [6, 6.07) is 63.6. The predicted molar refractivity (Wildman–Crippen MR) is 282 cm³/mol. The minimum atomic E-state index is -0.212. The second-order valence-corrected chi connectivity index (χ2v) is 21.5. The normalized spacial score (nSPS) is 13.4. The van der Waals surface area contributed by atoms with Crippen molar-refractivity contribution >= 4 is 44.6 Å². The highest BCUT2D eigenvalue weighted by Gasteiger charge is 2.35. The summed E-state index contributed by atoms with van der Waals surface area (Å²) in [5.74, 6) is 2.42. The maximum absolute atomic E-state index is 6.87. The average Bonchev–Trinajstić information content (AvgIpc) is 3.87. The Balaban J connectivity index is 1.04. The van der Waals surface area contributed by atoms with Gasteiger partial charge in [0.25, 0.3) is 0 Å². The maximum atomic E-state index is 6.87. The fourth-order valence-corrected chi connectivity index (χ4v) is 10.1. The molecular formula is C62H62N4O. The van der Waals surface area contributed by atoms with Gasteiger partial charge in [-0.05, 0) is 111 Å². The number of benzene rings is 7. The molecule has 0 aliphatic carbocycles. The highest BCUT2D eigenvalue weighted by atomic mass is 16.5. The molecule has 0 N–H and O–H groups in total. The van der Waals surface area contributed by atoms with Crippen molar-refractivity contribution < 1.29 is 4.74 Å². The van der Waals surface area contributed by atoms with Crippen molar-refractivity contribution in [2.24, 2.45) is 0 Å². The lowest BCUT2D eigenvalue weighted by Gasteiger charge is -2.32. The lowest BCUT2D eigenvalue weighted by Crippen LogP contribution is -2.25. The van der Waals surface area contributed by atoms with Gasteiger partial charge in [0.1, 0.15) is 24.0 Å². The predicted octanol–water partition coefficient (Wildman–Crippen LogP) is 16.5. The molecule has 0 saturated carbocycles. The van der Waals surface area contributed by atoms with Crippen LogP contribution < -0.4 is 14.5 Å². The highest BCUT2D eigenvalue weighted by molar-refractivity contribution is 6.09. The molecule has 0 spiro atoms. The lowest BCUT2D eigenvalue weighted by molar-refractivity contribution is 0.483. The summed E-state index contributed by atoms with van der Waals surface area (Å²) in [6.07, 6.45) is 1.94. The van der Waals surface area contributed by atoms with E-state index < -0.39 is 0 Å². The Kier molecular flexibility index (Phi) is 10.7. The standard InChI is InChI=1S/C62H62N4O/c1-59(2,3)52-39-56-57(40-53(52)60(4,5)6)65(41-64(56)46-26-19-25-44(35-46)61(7,8)42-21-13-11-14-22-42)47-27-20-28-48(37-47)67-49-31-32-51-50-29-17-18-30-54(50)66(55(51)38-49)58-36-45(33-34-63-58)62(9,10)43-23-15-12-16-24-43/h11-40H,41H2,1-10H3. The number of ether oxygens (including phenoxy) is 1. The van der Waals surface area contributed by atoms with Crippen molar-refractivity contribution in [1.29, 1.82) is 0 Å². The van der Waals surface area contributed by atoms with Gasteiger partial charge in [0.05, 0.1) is 22.4 Å². The van der Waals surface area contributed by atoms with E-state index in [1.807, 2.05) is 6.20 Å². The molecule has 10 rings (SSSR count). The molecule has 0 unspecified atom stereocenters. The molecule has 336 valence electrons. The Labute approximate surface area is 397 Å². The summed E-state index contributed by atoms with van der Waals surface area (Å²) >= 11 is 0. The van der Waals surface area contributed by atoms with Crippen LogP contribution in [0.15, 0.2) is 182 Å². The summed E-state index contributed by atoms with van der Waals surface area (Å²) in [5.41, 5.74) is 14.1. The van der Waals surface area contributed by atoms with Crippen LogP contribution in [0.4, 0.5) is 22.7 Å². The molecule has 67 heavy (non-hydrogen) atoms. The first-order valence-electron chi connectivity index (χ1n) is 23.7. The fraction of sp³-hybridized carbons (Fsp3) is 0.242. The van der Waals surface area contributed by atoms with Crippen LogP contribution in [0.5, 0.6) is 11.5 Å². The summed E-state index contributed by atoms with van der Waals surface area (Å²) in [4.78, 5) is 9.93. The van der Waals surface area contributed by atoms with E-state index in [2.05, 4.69) is 260 Å². The van der Waals surface area contributed by atoms with Crippen molar-refractivity contribution in [2.75, 3.05) is 16.5 Å². The van der Waals surface area contributed by atoms with Crippen LogP contribution in [0.1, 0.15) is 103 Å². The van der Waals surface area contributed by atoms with Crippen LogP contribution in [0.2, 0.25) is 0 Å². The van der Waals surface area contributed by atoms with Crippen molar-refractivity contribution in [1.82, 2.24) is 9.55 Å². The van der Waals surface area contributed by atoms with Gasteiger partial charge >= 0.3 is 0 Å². The molecule has 5 nitrogen and oxygen atoms in total. The Hall–Kier alpha value is -7.11. The van der Waals surface area contributed by atoms with Crippen LogP contribution in [-0.2, 0) is 21.7 Å². The van der Waals surface area contributed by atoms with Crippen LogP contribution >= 0.6 is 0 Å². The Morgan fingerprint density at radius 1 is 0.418 bits per heavy atom. The van der Waals surface area contributed by atoms with Crippen molar-refractivity contribution in [2.45, 2.75) is 90.9 Å². The molecule has 0 bridgehead atoms. The molecule has 3 heterocycles. The third-order valence-electron chi connectivity index (χ3n) is 14.2. The number of nitrogens with zero attached hydrogens (tertiary/aromatic N) is 4. The number of anilines is 4. The van der Waals surface area contributed by atoms with Gasteiger partial charge in [-0.3, -0.25) is 4.57 Å². The molecule has 0 radical (unpaired) electrons. The van der Waals surface area contributed by atoms with Crippen molar-refractivity contribution in [3.8, 4) is 17.3 Å². The van der Waals surface area contributed by atoms with E-state index in [-0.39, 0.29) is 21.7 Å². The van der Waals surface area contributed by atoms with Gasteiger partial charge in [-0.1, -0.05) is 166 Å². The Morgan fingerprint density at radius 3 is 1.54 bits per heavy atom. The summed E-state index contributed by atoms with van der Waals surface area (Å²) < 4.78 is 9.15. The number of pyridine rings is 1. The van der Waals surface area contributed by atoms with E-state index in [1.165, 1.54) is 55.8 Å². The quantitative estimate of drug-likeness (QED) is 0.145. The van der Waals surface area contributed by atoms with E-state index >= 15 is 0 Å². The third kappa shape index (κ3) is 7.94. The zero-order valence-corrected chi connectivity index (χ0v) is 40.7. The highest BCUT2D eigenvalue weighted by Crippen LogP contribution is 2.50. The fourth-order valence-electron chi connectivity index (χ4n) is 10.1. The molecule has 7 aromatic carbocycles. The summed E-state index contributed by atoms with van der Waals surface area (Å²) in [5, 5.41) is 2.33. The van der Waals surface area contributed by atoms with E-state index in [1.54, 1.807) is 0 Å². The van der Waals surface area contributed by atoms with E-state index in [9.17, 15) is 0 Å². The molecule has 1 aliphatic heterocycles. The number of aromatic nitrogens is 2. The molecule has 0 atom stereocenters. The average molecular weight is 879 g/mol. The number of fused-ring (bicyclic) bond motifs is 4. The molecular weight excluding hydrogens is 817 g/mol. The van der Waals surface area contributed by atoms with Crippen LogP contribution in [0.3, 0.4) is 0 Å². The largest absolute Gasteiger partial charge is 0.457 e. The SMILES string of the molecule is CC(C)(C)c1cc2c(cc1C(C)(C)C)N(c1cccc(C(C)(C)c3ccccc3)c1)CN2c1cccc(Oc2ccc3c4ccccc4n(-c4cc(C(C)(C)c5ccccc5)ccn4)c3c2)c1. The second-order valence-electron chi connectivity index (χ2n) is 21.5. The van der Waals surface area contributed by atoms with Gasteiger partial charge in [-0.15, -0.1) is 0 Å². The minimum Gasteiger partial charge on any atom is -0.457 e. The molecule has 0 fully saturated rings. The maximum Gasteiger partial charge on any atom is 0.137 e. The van der Waals surface area contributed by atoms with Crippen LogP contribution in [-0.4, -0.2) is 16.2 Å². The van der Waals surface area contributed by atoms with Crippen molar-refractivity contribution in [3.63, 3.8) is 0 Å². The molecule has 0 saturated heterocycles. The first-order chi connectivity index (χ1) is 32.0. The summed E-state index contributed by atoms with van der Waals surface area (Å²) in [7, 11) is 0.